The lowest BCUT2D eigenvalue weighted by atomic mass is 10.1. The topological polar surface area (TPSA) is 60.1 Å². The van der Waals surface area contributed by atoms with Crippen molar-refractivity contribution in [2.45, 2.75) is 12.6 Å². The normalized spacial score (nSPS) is 16.4. The van der Waals surface area contributed by atoms with E-state index in [1.807, 2.05) is 30.3 Å². The van der Waals surface area contributed by atoms with Gasteiger partial charge in [-0.05, 0) is 35.9 Å². The number of ether oxygens (including phenoxy) is 2. The highest BCUT2D eigenvalue weighted by atomic mass is 19.1. The fourth-order valence-electron chi connectivity index (χ4n) is 2.67. The van der Waals surface area contributed by atoms with Gasteiger partial charge >= 0.3 is 0 Å². The Balaban J connectivity index is 1.80. The maximum atomic E-state index is 13.6. The summed E-state index contributed by atoms with van der Waals surface area (Å²) in [4.78, 5) is 6.33. The Morgan fingerprint density at radius 3 is 2.71 bits per heavy atom. The molecule has 1 unspecified atom stereocenters. The van der Waals surface area contributed by atoms with Gasteiger partial charge in [0.2, 0.25) is 0 Å². The molecule has 6 heteroatoms. The third-order valence-corrected chi connectivity index (χ3v) is 3.87. The minimum absolute atomic E-state index is 0.0634. The van der Waals surface area contributed by atoms with Crippen molar-refractivity contribution in [3.63, 3.8) is 0 Å². The third kappa shape index (κ3) is 3.95. The van der Waals surface area contributed by atoms with Crippen LogP contribution in [0.1, 0.15) is 5.56 Å². The smallest absolute Gasteiger partial charge is 0.282 e. The molecule has 2 aromatic carbocycles. The average Bonchev–Trinajstić information content (AvgIpc) is 3.00. The van der Waals surface area contributed by atoms with E-state index < -0.39 is 0 Å². The van der Waals surface area contributed by atoms with Gasteiger partial charge in [0.25, 0.3) is 6.02 Å². The van der Waals surface area contributed by atoms with Gasteiger partial charge in [-0.3, -0.25) is 0 Å². The van der Waals surface area contributed by atoms with E-state index in [0.29, 0.717) is 19.7 Å². The van der Waals surface area contributed by atoms with Crippen LogP contribution in [-0.4, -0.2) is 32.3 Å². The first-order chi connectivity index (χ1) is 11.6. The lowest BCUT2D eigenvalue weighted by Gasteiger charge is -2.26. The predicted molar refractivity (Wildman–Crippen MR) is 91.8 cm³/mol. The molecule has 3 rings (SSSR count). The zero-order valence-corrected chi connectivity index (χ0v) is 13.5. The van der Waals surface area contributed by atoms with Crippen molar-refractivity contribution in [2.24, 2.45) is 10.7 Å². The van der Waals surface area contributed by atoms with E-state index in [1.54, 1.807) is 13.2 Å². The first-order valence-electron chi connectivity index (χ1n) is 7.73. The van der Waals surface area contributed by atoms with Crippen molar-refractivity contribution < 1.29 is 13.9 Å². The van der Waals surface area contributed by atoms with Crippen LogP contribution in [0.5, 0.6) is 5.75 Å². The molecule has 24 heavy (non-hydrogen) atoms. The highest BCUT2D eigenvalue weighted by Gasteiger charge is 2.21. The summed E-state index contributed by atoms with van der Waals surface area (Å²) in [6, 6.07) is 14.5. The maximum absolute atomic E-state index is 13.6. The summed E-state index contributed by atoms with van der Waals surface area (Å²) >= 11 is 0. The van der Waals surface area contributed by atoms with Crippen LogP contribution in [0.2, 0.25) is 0 Å². The number of rotatable bonds is 6. The van der Waals surface area contributed by atoms with E-state index in [9.17, 15) is 4.39 Å². The van der Waals surface area contributed by atoms with E-state index in [0.717, 1.165) is 17.0 Å². The van der Waals surface area contributed by atoms with Crippen molar-refractivity contribution in [1.82, 2.24) is 0 Å². The molecule has 0 amide bonds. The number of nitrogens with two attached hydrogens (primary N) is 1. The van der Waals surface area contributed by atoms with Crippen molar-refractivity contribution in [3.05, 3.63) is 59.9 Å². The summed E-state index contributed by atoms with van der Waals surface area (Å²) in [6.45, 7) is 1.66. The number of halogens is 1. The van der Waals surface area contributed by atoms with Crippen molar-refractivity contribution in [1.29, 1.82) is 0 Å². The molecule has 2 aromatic rings. The minimum atomic E-state index is -0.266. The second-order valence-corrected chi connectivity index (χ2v) is 5.64. The summed E-state index contributed by atoms with van der Waals surface area (Å²) in [7, 11) is 1.64. The van der Waals surface area contributed by atoms with Gasteiger partial charge in [-0.1, -0.05) is 18.2 Å². The summed E-state index contributed by atoms with van der Waals surface area (Å²) in [5.41, 5.74) is 7.47. The number of benzene rings is 2. The van der Waals surface area contributed by atoms with Crippen LogP contribution in [0, 0.1) is 5.82 Å². The van der Waals surface area contributed by atoms with Gasteiger partial charge in [0.05, 0.1) is 7.11 Å². The molecular weight excluding hydrogens is 309 g/mol. The van der Waals surface area contributed by atoms with Crippen LogP contribution in [0.15, 0.2) is 53.5 Å². The number of anilines is 1. The first kappa shape index (κ1) is 16.1. The summed E-state index contributed by atoms with van der Waals surface area (Å²) in [5.74, 6) is 0.538. The molecule has 0 radical (unpaired) electrons. The van der Waals surface area contributed by atoms with Gasteiger partial charge in [-0.2, -0.15) is 0 Å². The number of methoxy groups -OCH3 is 1. The summed E-state index contributed by atoms with van der Waals surface area (Å²) in [5, 5.41) is 0. The second-order valence-electron chi connectivity index (χ2n) is 5.64. The van der Waals surface area contributed by atoms with Crippen LogP contribution >= 0.6 is 0 Å². The molecule has 1 aliphatic rings. The molecule has 1 atom stereocenters. The number of aliphatic imine (C=N–C) groups is 1. The highest BCUT2D eigenvalue weighted by molar-refractivity contribution is 5.73. The maximum Gasteiger partial charge on any atom is 0.282 e. The van der Waals surface area contributed by atoms with Gasteiger partial charge in [-0.25, -0.2) is 9.38 Å². The molecule has 1 heterocycles. The van der Waals surface area contributed by atoms with Crippen LogP contribution < -0.4 is 15.4 Å². The molecular formula is C18H20FN3O2. The van der Waals surface area contributed by atoms with Gasteiger partial charge in [0, 0.05) is 18.8 Å². The monoisotopic (exact) mass is 329 g/mol. The van der Waals surface area contributed by atoms with Crippen LogP contribution in [0.3, 0.4) is 0 Å². The molecule has 126 valence electrons. The Bertz CT molecular complexity index is 718. The lowest BCUT2D eigenvalue weighted by molar-refractivity contribution is 0.313. The Morgan fingerprint density at radius 1 is 1.29 bits per heavy atom. The lowest BCUT2D eigenvalue weighted by Crippen LogP contribution is -2.32. The summed E-state index contributed by atoms with van der Waals surface area (Å²) < 4.78 is 24.0. The minimum Gasteiger partial charge on any atom is -0.497 e. The molecule has 0 saturated carbocycles. The molecule has 1 aliphatic heterocycles. The Hall–Kier alpha value is -2.76. The number of amidine groups is 1. The Morgan fingerprint density at radius 2 is 2.08 bits per heavy atom. The SMILES string of the molecule is COc1ccc(CN(CC2COC(N)=N2)c2cccc(F)c2)cc1. The molecule has 0 aromatic heterocycles. The zero-order valence-electron chi connectivity index (χ0n) is 13.5. The van der Waals surface area contributed by atoms with E-state index >= 15 is 0 Å². The fourth-order valence-corrected chi connectivity index (χ4v) is 2.67. The fraction of sp³-hybridized carbons (Fsp3) is 0.278. The molecule has 5 nitrogen and oxygen atoms in total. The molecule has 0 fully saturated rings. The zero-order chi connectivity index (χ0) is 16.9. The van der Waals surface area contributed by atoms with E-state index in [-0.39, 0.29) is 17.9 Å². The number of nitrogens with zero attached hydrogens (tertiary/aromatic N) is 2. The Labute approximate surface area is 140 Å². The Kier molecular flexibility index (Phi) is 4.84. The molecule has 0 spiro atoms. The van der Waals surface area contributed by atoms with Gasteiger partial charge in [0.15, 0.2) is 0 Å². The molecule has 0 aliphatic carbocycles. The van der Waals surface area contributed by atoms with E-state index in [4.69, 9.17) is 15.2 Å². The third-order valence-electron chi connectivity index (χ3n) is 3.87. The van der Waals surface area contributed by atoms with Crippen molar-refractivity contribution in [3.8, 4) is 5.75 Å². The van der Waals surface area contributed by atoms with Gasteiger partial charge in [-0.15, -0.1) is 0 Å². The van der Waals surface area contributed by atoms with Crippen molar-refractivity contribution >= 4 is 11.7 Å². The van der Waals surface area contributed by atoms with Crippen LogP contribution in [0.4, 0.5) is 10.1 Å². The average molecular weight is 329 g/mol. The van der Waals surface area contributed by atoms with Crippen LogP contribution in [-0.2, 0) is 11.3 Å². The van der Waals surface area contributed by atoms with Gasteiger partial charge < -0.3 is 20.1 Å². The second kappa shape index (κ2) is 7.21. The molecule has 0 saturated heterocycles. The van der Waals surface area contributed by atoms with Gasteiger partial charge in [0.1, 0.15) is 24.2 Å². The first-order valence-corrected chi connectivity index (χ1v) is 7.73. The number of hydrogen-bond donors (Lipinski definition) is 1. The quantitative estimate of drug-likeness (QED) is 0.885. The largest absolute Gasteiger partial charge is 0.497 e. The standard InChI is InChI=1S/C18H20FN3O2/c1-23-17-7-5-13(6-8-17)10-22(11-15-12-24-18(20)21-15)16-4-2-3-14(19)9-16/h2-9,15H,10-12H2,1H3,(H2,20,21). The molecule has 0 bridgehead atoms. The predicted octanol–water partition coefficient (Wildman–Crippen LogP) is 2.55. The van der Waals surface area contributed by atoms with E-state index in [1.165, 1.54) is 12.1 Å². The highest BCUT2D eigenvalue weighted by Crippen LogP contribution is 2.21. The summed E-state index contributed by atoms with van der Waals surface area (Å²) in [6.07, 6.45) is 0. The number of hydrogen-bond acceptors (Lipinski definition) is 5. The molecule has 2 N–H and O–H groups in total. The van der Waals surface area contributed by atoms with Crippen molar-refractivity contribution in [2.75, 3.05) is 25.2 Å². The van der Waals surface area contributed by atoms with E-state index in [2.05, 4.69) is 9.89 Å². The van der Waals surface area contributed by atoms with Crippen LogP contribution in [0.25, 0.3) is 0 Å².